The number of benzene rings is 1. The largest absolute Gasteiger partial charge is 0.417 e. The van der Waals surface area contributed by atoms with Crippen molar-refractivity contribution in [2.24, 2.45) is 17.6 Å². The summed E-state index contributed by atoms with van der Waals surface area (Å²) in [6.07, 6.45) is -2.64. The van der Waals surface area contributed by atoms with E-state index in [0.717, 1.165) is 23.8 Å². The van der Waals surface area contributed by atoms with Gasteiger partial charge in [-0.25, -0.2) is 0 Å². The fraction of sp³-hybridized carbons (Fsp3) is 0.571. The maximum absolute atomic E-state index is 13.4. The Bertz CT molecular complexity index is 1220. The fourth-order valence-electron chi connectivity index (χ4n) is 4.59. The molecule has 42 heavy (non-hydrogen) atoms. The van der Waals surface area contributed by atoms with Crippen molar-refractivity contribution in [2.45, 2.75) is 50.9 Å². The number of halogens is 6. The monoisotopic (exact) mass is 600 g/mol. The quantitative estimate of drug-likeness (QED) is 0.424. The summed E-state index contributed by atoms with van der Waals surface area (Å²) in [7, 11) is 0. The van der Waals surface area contributed by atoms with Crippen molar-refractivity contribution in [3.05, 3.63) is 52.7 Å². The summed E-state index contributed by atoms with van der Waals surface area (Å²) < 4.78 is 79.0. The van der Waals surface area contributed by atoms with E-state index in [1.807, 2.05) is 0 Å². The number of hydrogen-bond donors (Lipinski definition) is 2. The van der Waals surface area contributed by atoms with Gasteiger partial charge in [-0.3, -0.25) is 9.59 Å². The molecular weight excluding hydrogens is 566 g/mol. The lowest BCUT2D eigenvalue weighted by Gasteiger charge is -2.35. The van der Waals surface area contributed by atoms with Gasteiger partial charge in [-0.2, -0.15) is 26.3 Å². The number of hydrogen-bond acceptors (Lipinski definition) is 6. The standard InChI is InChI=1S/C23H23F6N5O2.C5H11N/c24-22(25,26)15-3-4-16(17(13-15)23(27,28)29)21(36)34-11-9-33(10-12-34)19-6-5-18(31-32-19)20(35)30-8-7-14-1-2-14;6-4-3-5-1-2-5/h3-6,13-14H,1-2,7-12H2,(H,30,35);5H,1-4,6H2. The minimum atomic E-state index is -5.13. The molecule has 2 heterocycles. The van der Waals surface area contributed by atoms with Gasteiger partial charge >= 0.3 is 12.4 Å². The number of rotatable bonds is 8. The van der Waals surface area contributed by atoms with Crippen LogP contribution < -0.4 is 16.0 Å². The fourth-order valence-corrected chi connectivity index (χ4v) is 4.59. The summed E-state index contributed by atoms with van der Waals surface area (Å²) >= 11 is 0. The molecule has 1 aromatic heterocycles. The van der Waals surface area contributed by atoms with Crippen LogP contribution in [-0.2, 0) is 12.4 Å². The summed E-state index contributed by atoms with van der Waals surface area (Å²) in [5, 5.41) is 10.8. The molecule has 14 heteroatoms. The number of carbonyl (C=O) groups is 2. The lowest BCUT2D eigenvalue weighted by atomic mass is 10.0. The summed E-state index contributed by atoms with van der Waals surface area (Å²) in [6, 6.07) is 4.11. The second-order valence-corrected chi connectivity index (χ2v) is 10.8. The van der Waals surface area contributed by atoms with E-state index in [0.29, 0.717) is 30.4 Å². The number of aromatic nitrogens is 2. The Morgan fingerprint density at radius 2 is 1.50 bits per heavy atom. The normalized spacial score (nSPS) is 17.4. The molecule has 230 valence electrons. The van der Waals surface area contributed by atoms with Gasteiger partial charge in [0.25, 0.3) is 11.8 Å². The third-order valence-corrected chi connectivity index (χ3v) is 7.46. The summed E-state index contributed by atoms with van der Waals surface area (Å²) in [5.41, 5.74) is 1.49. The summed E-state index contributed by atoms with van der Waals surface area (Å²) in [4.78, 5) is 27.8. The van der Waals surface area contributed by atoms with Crippen LogP contribution in [0.3, 0.4) is 0 Å². The lowest BCUT2D eigenvalue weighted by molar-refractivity contribution is -0.143. The SMILES string of the molecule is NCCC1CC1.O=C(NCCC1CC1)c1ccc(N2CCN(C(=O)c3ccc(C(F)(F)F)cc3C(F)(F)F)CC2)nn1. The number of piperazine rings is 1. The molecule has 8 nitrogen and oxygen atoms in total. The molecule has 2 aromatic rings. The Morgan fingerprint density at radius 3 is 2.00 bits per heavy atom. The van der Waals surface area contributed by atoms with Crippen LogP contribution in [0.4, 0.5) is 32.2 Å². The van der Waals surface area contributed by atoms with Crippen molar-refractivity contribution in [1.82, 2.24) is 20.4 Å². The minimum absolute atomic E-state index is 0.0300. The summed E-state index contributed by atoms with van der Waals surface area (Å²) in [5.74, 6) is 0.808. The van der Waals surface area contributed by atoms with Gasteiger partial charge in [0.15, 0.2) is 11.5 Å². The topological polar surface area (TPSA) is 104 Å². The molecule has 0 spiro atoms. The van der Waals surface area contributed by atoms with E-state index in [-0.39, 0.29) is 43.8 Å². The molecule has 1 aromatic carbocycles. The number of nitrogens with two attached hydrogens (primary N) is 1. The zero-order valence-electron chi connectivity index (χ0n) is 23.0. The first-order valence-electron chi connectivity index (χ1n) is 14.0. The van der Waals surface area contributed by atoms with Crippen molar-refractivity contribution in [3.63, 3.8) is 0 Å². The van der Waals surface area contributed by atoms with Crippen LogP contribution in [-0.4, -0.2) is 66.2 Å². The van der Waals surface area contributed by atoms with Crippen molar-refractivity contribution in [3.8, 4) is 0 Å². The molecule has 0 radical (unpaired) electrons. The second-order valence-electron chi connectivity index (χ2n) is 10.8. The van der Waals surface area contributed by atoms with Crippen molar-refractivity contribution in [1.29, 1.82) is 0 Å². The minimum Gasteiger partial charge on any atom is -0.352 e. The predicted molar refractivity (Wildman–Crippen MR) is 143 cm³/mol. The average Bonchev–Trinajstić information content (AvgIpc) is 3.89. The van der Waals surface area contributed by atoms with E-state index < -0.39 is 35.0 Å². The van der Waals surface area contributed by atoms with Crippen LogP contribution >= 0.6 is 0 Å². The Hall–Kier alpha value is -3.42. The van der Waals surface area contributed by atoms with Gasteiger partial charge < -0.3 is 20.9 Å². The Labute approximate surface area is 239 Å². The highest BCUT2D eigenvalue weighted by atomic mass is 19.4. The molecule has 5 rings (SSSR count). The highest BCUT2D eigenvalue weighted by Gasteiger charge is 2.40. The van der Waals surface area contributed by atoms with Crippen LogP contribution in [0, 0.1) is 11.8 Å². The van der Waals surface area contributed by atoms with Gasteiger partial charge in [0.05, 0.1) is 16.7 Å². The Morgan fingerprint density at radius 1 is 0.857 bits per heavy atom. The molecular formula is C28H34F6N6O2. The van der Waals surface area contributed by atoms with E-state index in [2.05, 4.69) is 15.5 Å². The molecule has 1 saturated heterocycles. The van der Waals surface area contributed by atoms with E-state index in [9.17, 15) is 35.9 Å². The van der Waals surface area contributed by atoms with Gasteiger partial charge in [0, 0.05) is 32.7 Å². The van der Waals surface area contributed by atoms with Crippen molar-refractivity contribution >= 4 is 17.6 Å². The molecule has 2 amide bonds. The van der Waals surface area contributed by atoms with Crippen LogP contribution in [0.25, 0.3) is 0 Å². The van der Waals surface area contributed by atoms with Gasteiger partial charge in [0.2, 0.25) is 0 Å². The van der Waals surface area contributed by atoms with Gasteiger partial charge in [-0.05, 0) is 61.6 Å². The number of anilines is 1. The zero-order chi connectivity index (χ0) is 30.5. The molecule has 2 saturated carbocycles. The highest BCUT2D eigenvalue weighted by Crippen LogP contribution is 2.38. The van der Waals surface area contributed by atoms with E-state index in [1.54, 1.807) is 11.0 Å². The van der Waals surface area contributed by atoms with E-state index in [1.165, 1.54) is 38.2 Å². The molecule has 3 fully saturated rings. The maximum Gasteiger partial charge on any atom is 0.417 e. The van der Waals surface area contributed by atoms with Crippen molar-refractivity contribution in [2.75, 3.05) is 44.2 Å². The molecule has 0 unspecified atom stereocenters. The zero-order valence-corrected chi connectivity index (χ0v) is 23.0. The Balaban J connectivity index is 0.000000600. The first-order chi connectivity index (χ1) is 19.9. The van der Waals surface area contributed by atoms with Crippen LogP contribution in [0.15, 0.2) is 30.3 Å². The Kier molecular flexibility index (Phi) is 9.95. The van der Waals surface area contributed by atoms with E-state index in [4.69, 9.17) is 5.73 Å². The average molecular weight is 601 g/mol. The number of carbonyl (C=O) groups excluding carboxylic acids is 2. The predicted octanol–water partition coefficient (Wildman–Crippen LogP) is 4.75. The number of nitrogens with one attached hydrogen (secondary N) is 1. The molecule has 2 aliphatic carbocycles. The molecule has 3 N–H and O–H groups in total. The van der Waals surface area contributed by atoms with Gasteiger partial charge in [-0.15, -0.1) is 10.2 Å². The van der Waals surface area contributed by atoms with Crippen molar-refractivity contribution < 1.29 is 35.9 Å². The first-order valence-corrected chi connectivity index (χ1v) is 14.0. The molecule has 0 bridgehead atoms. The van der Waals surface area contributed by atoms with Gasteiger partial charge in [-0.1, -0.05) is 25.7 Å². The third kappa shape index (κ3) is 8.79. The highest BCUT2D eigenvalue weighted by molar-refractivity contribution is 5.96. The lowest BCUT2D eigenvalue weighted by Crippen LogP contribution is -2.49. The second kappa shape index (κ2) is 13.3. The third-order valence-electron chi connectivity index (χ3n) is 7.46. The van der Waals surface area contributed by atoms with Gasteiger partial charge in [0.1, 0.15) is 0 Å². The molecule has 0 atom stereocenters. The molecule has 1 aliphatic heterocycles. The van der Waals surface area contributed by atoms with E-state index >= 15 is 0 Å². The van der Waals surface area contributed by atoms with Crippen LogP contribution in [0.2, 0.25) is 0 Å². The first kappa shape index (κ1) is 31.5. The van der Waals surface area contributed by atoms with Crippen LogP contribution in [0.5, 0.6) is 0 Å². The summed E-state index contributed by atoms with van der Waals surface area (Å²) in [6.45, 7) is 1.96. The number of amides is 2. The number of alkyl halides is 6. The smallest absolute Gasteiger partial charge is 0.352 e. The number of nitrogens with zero attached hydrogens (tertiary/aromatic N) is 4. The van der Waals surface area contributed by atoms with Crippen LogP contribution in [0.1, 0.15) is 70.5 Å². The molecule has 3 aliphatic rings. The maximum atomic E-state index is 13.4.